The Labute approximate surface area is 61.1 Å². The third kappa shape index (κ3) is 10.8. The van der Waals surface area contributed by atoms with Crippen LogP contribution < -0.4 is 5.73 Å². The highest BCUT2D eigenvalue weighted by Crippen LogP contribution is 1.79. The Balaban J connectivity index is 0. The van der Waals surface area contributed by atoms with Crippen molar-refractivity contribution >= 4 is 24.0 Å². The number of rotatable bonds is 2. The molecule has 0 aliphatic heterocycles. The average molecular weight is 217 g/mol. The molecule has 0 aromatic heterocycles. The first-order chi connectivity index (χ1) is 2.77. The zero-order valence-electron chi connectivity index (χ0n) is 4.42. The van der Waals surface area contributed by atoms with Crippen LogP contribution in [0.5, 0.6) is 0 Å². The van der Waals surface area contributed by atoms with Crippen LogP contribution in [0.15, 0.2) is 0 Å². The predicted octanol–water partition coefficient (Wildman–Crippen LogP) is 0.334. The van der Waals surface area contributed by atoms with Gasteiger partial charge in [-0.3, -0.25) is 0 Å². The second kappa shape index (κ2) is 6.65. The molecule has 2 nitrogen and oxygen atoms in total. The minimum absolute atomic E-state index is 0. The molecule has 0 spiro atoms. The minimum Gasteiger partial charge on any atom is -0.396 e. The minimum atomic E-state index is 0. The molecule has 0 unspecified atom stereocenters. The molecule has 0 saturated carbocycles. The smallest absolute Gasteiger partial charge is 0.0445 e. The van der Waals surface area contributed by atoms with E-state index in [1.165, 1.54) is 0 Å². The lowest BCUT2D eigenvalue weighted by molar-refractivity contribution is 0.279. The van der Waals surface area contributed by atoms with Gasteiger partial charge in [0.1, 0.15) is 0 Å². The van der Waals surface area contributed by atoms with Crippen LogP contribution in [-0.2, 0) is 0 Å². The van der Waals surface area contributed by atoms with E-state index in [9.17, 15) is 0 Å². The Morgan fingerprint density at radius 2 is 2.14 bits per heavy atom. The molecule has 46 valence electrons. The highest BCUT2D eigenvalue weighted by Gasteiger charge is 1.86. The molecule has 0 fully saturated rings. The predicted molar refractivity (Wildman–Crippen MR) is 40.8 cm³/mol. The molecule has 0 radical (unpaired) electrons. The highest BCUT2D eigenvalue weighted by atomic mass is 127. The molecule has 0 rings (SSSR count). The van der Waals surface area contributed by atoms with Gasteiger partial charge in [0.25, 0.3) is 0 Å². The third-order valence-electron chi connectivity index (χ3n) is 0.584. The van der Waals surface area contributed by atoms with E-state index in [0.717, 1.165) is 0 Å². The molecule has 0 aliphatic rings. The van der Waals surface area contributed by atoms with Crippen molar-refractivity contribution in [2.24, 2.45) is 5.73 Å². The van der Waals surface area contributed by atoms with E-state index in [4.69, 9.17) is 10.8 Å². The second-order valence-electron chi connectivity index (χ2n) is 1.49. The fraction of sp³-hybridized carbons (Fsp3) is 1.00. The fourth-order valence-corrected chi connectivity index (χ4v) is 0.204. The van der Waals surface area contributed by atoms with Crippen LogP contribution in [0.4, 0.5) is 0 Å². The lowest BCUT2D eigenvalue weighted by Gasteiger charge is -1.96. The van der Waals surface area contributed by atoms with Gasteiger partial charge in [-0.25, -0.2) is 0 Å². The van der Waals surface area contributed by atoms with Crippen molar-refractivity contribution in [1.29, 1.82) is 0 Å². The SMILES string of the molecule is C[C@@H](N)CCO.I. The van der Waals surface area contributed by atoms with Gasteiger partial charge in [-0.05, 0) is 13.3 Å². The van der Waals surface area contributed by atoms with Gasteiger partial charge in [0.15, 0.2) is 0 Å². The zero-order chi connectivity index (χ0) is 4.99. The maximum absolute atomic E-state index is 8.16. The van der Waals surface area contributed by atoms with Crippen molar-refractivity contribution in [2.75, 3.05) is 6.61 Å². The topological polar surface area (TPSA) is 46.2 Å². The van der Waals surface area contributed by atoms with Crippen LogP contribution in [0.1, 0.15) is 13.3 Å². The Morgan fingerprint density at radius 3 is 2.14 bits per heavy atom. The molecule has 3 heteroatoms. The fourth-order valence-electron chi connectivity index (χ4n) is 0.204. The van der Waals surface area contributed by atoms with E-state index < -0.39 is 0 Å². The maximum Gasteiger partial charge on any atom is 0.0445 e. The van der Waals surface area contributed by atoms with Crippen LogP contribution in [0.2, 0.25) is 0 Å². The van der Waals surface area contributed by atoms with Crippen LogP contribution in [0, 0.1) is 0 Å². The van der Waals surface area contributed by atoms with Crippen molar-refractivity contribution < 1.29 is 5.11 Å². The molecule has 0 saturated heterocycles. The van der Waals surface area contributed by atoms with Gasteiger partial charge in [-0.2, -0.15) is 0 Å². The summed E-state index contributed by atoms with van der Waals surface area (Å²) in [5.74, 6) is 0. The van der Waals surface area contributed by atoms with Crippen molar-refractivity contribution in [3.8, 4) is 0 Å². The second-order valence-corrected chi connectivity index (χ2v) is 1.49. The number of hydrogen-bond donors (Lipinski definition) is 2. The van der Waals surface area contributed by atoms with E-state index in [2.05, 4.69) is 0 Å². The summed E-state index contributed by atoms with van der Waals surface area (Å²) in [5, 5.41) is 8.16. The van der Waals surface area contributed by atoms with E-state index in [0.29, 0.717) is 6.42 Å². The molecule has 0 aromatic carbocycles. The molecule has 0 amide bonds. The van der Waals surface area contributed by atoms with Gasteiger partial charge in [-0.1, -0.05) is 0 Å². The highest BCUT2D eigenvalue weighted by molar-refractivity contribution is 14.0. The molecule has 7 heavy (non-hydrogen) atoms. The van der Waals surface area contributed by atoms with Crippen molar-refractivity contribution in [3.05, 3.63) is 0 Å². The van der Waals surface area contributed by atoms with Gasteiger partial charge >= 0.3 is 0 Å². The molecular weight excluding hydrogens is 205 g/mol. The molecule has 0 aliphatic carbocycles. The van der Waals surface area contributed by atoms with E-state index in [1.807, 2.05) is 6.92 Å². The number of hydrogen-bond acceptors (Lipinski definition) is 2. The first kappa shape index (κ1) is 10.6. The number of aliphatic hydroxyl groups excluding tert-OH is 1. The summed E-state index contributed by atoms with van der Waals surface area (Å²) in [4.78, 5) is 0. The van der Waals surface area contributed by atoms with E-state index in [-0.39, 0.29) is 36.6 Å². The van der Waals surface area contributed by atoms with Gasteiger partial charge in [0.2, 0.25) is 0 Å². The van der Waals surface area contributed by atoms with Crippen LogP contribution in [0.3, 0.4) is 0 Å². The molecular formula is C4H12INO. The first-order valence-electron chi connectivity index (χ1n) is 2.14. The van der Waals surface area contributed by atoms with Gasteiger partial charge in [0, 0.05) is 12.6 Å². The quantitative estimate of drug-likeness (QED) is 0.655. The summed E-state index contributed by atoms with van der Waals surface area (Å²) in [6, 6.07) is 0.148. The van der Waals surface area contributed by atoms with Crippen LogP contribution >= 0.6 is 24.0 Å². The van der Waals surface area contributed by atoms with Crippen LogP contribution in [0.25, 0.3) is 0 Å². The Hall–Kier alpha value is 0.650. The Bertz CT molecular complexity index is 32.9. The molecule has 0 heterocycles. The number of aliphatic hydroxyl groups is 1. The number of nitrogens with two attached hydrogens (primary N) is 1. The summed E-state index contributed by atoms with van der Waals surface area (Å²) in [6.07, 6.45) is 0.708. The monoisotopic (exact) mass is 217 g/mol. The van der Waals surface area contributed by atoms with Crippen molar-refractivity contribution in [1.82, 2.24) is 0 Å². The summed E-state index contributed by atoms with van der Waals surface area (Å²) in [7, 11) is 0. The van der Waals surface area contributed by atoms with E-state index in [1.54, 1.807) is 0 Å². The Morgan fingerprint density at radius 1 is 1.71 bits per heavy atom. The third-order valence-corrected chi connectivity index (χ3v) is 0.584. The summed E-state index contributed by atoms with van der Waals surface area (Å²) in [5.41, 5.74) is 5.24. The van der Waals surface area contributed by atoms with Gasteiger partial charge in [-0.15, -0.1) is 24.0 Å². The summed E-state index contributed by atoms with van der Waals surface area (Å²) in [6.45, 7) is 2.08. The zero-order valence-corrected chi connectivity index (χ0v) is 6.75. The molecule has 0 aromatic rings. The van der Waals surface area contributed by atoms with Crippen LogP contribution in [-0.4, -0.2) is 17.8 Å². The summed E-state index contributed by atoms with van der Waals surface area (Å²) >= 11 is 0. The number of halogens is 1. The summed E-state index contributed by atoms with van der Waals surface area (Å²) < 4.78 is 0. The molecule has 0 bridgehead atoms. The Kier molecular flexibility index (Phi) is 10.1. The van der Waals surface area contributed by atoms with Gasteiger partial charge < -0.3 is 10.8 Å². The van der Waals surface area contributed by atoms with E-state index >= 15 is 0 Å². The lowest BCUT2D eigenvalue weighted by Crippen LogP contribution is -2.15. The first-order valence-corrected chi connectivity index (χ1v) is 2.14. The molecule has 1 atom stereocenters. The van der Waals surface area contributed by atoms with Gasteiger partial charge in [0.05, 0.1) is 0 Å². The van der Waals surface area contributed by atoms with Crippen molar-refractivity contribution in [3.63, 3.8) is 0 Å². The average Bonchev–Trinajstić information content (AvgIpc) is 1.35. The maximum atomic E-state index is 8.16. The lowest BCUT2D eigenvalue weighted by atomic mass is 10.3. The molecule has 3 N–H and O–H groups in total. The standard InChI is InChI=1S/C4H11NO.HI/c1-4(5)2-3-6;/h4,6H,2-3,5H2,1H3;1H/t4-;/m1./s1. The largest absolute Gasteiger partial charge is 0.396 e. The normalized spacial score (nSPS) is 12.4. The van der Waals surface area contributed by atoms with Crippen molar-refractivity contribution in [2.45, 2.75) is 19.4 Å².